The third-order valence-electron chi connectivity index (χ3n) is 7.94. The van der Waals surface area contributed by atoms with Crippen LogP contribution in [0.4, 0.5) is 14.5 Å². The summed E-state index contributed by atoms with van der Waals surface area (Å²) >= 11 is 0. The van der Waals surface area contributed by atoms with E-state index < -0.39 is 29.2 Å². The minimum atomic E-state index is -0.760. The number of nitrogens with zero attached hydrogens (tertiary/aromatic N) is 4. The standard InChI is InChI=1S/C31H42F2N8O3/c1-20(34-5)28(42)35-26(31(2,3)4)29(43)40-17-6-7-25(40)19-39(18-16-21-8-10-22(32)11-9-21)30(44)27-36-38-41(37-27)24-14-12-23(33)13-15-24/h8-15,20,25-26,34,38H,6-7,16-19H2,1-5H3,(H,35,42)(H,36,37)/t20-,25-,26+/m0/s1. The first-order valence-electron chi connectivity index (χ1n) is 14.8. The van der Waals surface area contributed by atoms with Crippen molar-refractivity contribution in [1.29, 1.82) is 0 Å². The molecule has 2 aliphatic rings. The van der Waals surface area contributed by atoms with E-state index in [-0.39, 0.29) is 36.1 Å². The van der Waals surface area contributed by atoms with E-state index in [0.29, 0.717) is 31.6 Å². The highest BCUT2D eigenvalue weighted by Crippen LogP contribution is 2.27. The van der Waals surface area contributed by atoms with Gasteiger partial charge >= 0.3 is 0 Å². The van der Waals surface area contributed by atoms with Gasteiger partial charge in [-0.15, -0.1) is 10.6 Å². The number of hydrazone groups is 1. The zero-order valence-electron chi connectivity index (χ0n) is 25.9. The molecule has 1 saturated heterocycles. The molecule has 3 amide bonds. The predicted molar refractivity (Wildman–Crippen MR) is 164 cm³/mol. The number of rotatable bonds is 11. The molecule has 0 aliphatic carbocycles. The van der Waals surface area contributed by atoms with Gasteiger partial charge in [0.05, 0.1) is 11.7 Å². The summed E-state index contributed by atoms with van der Waals surface area (Å²) in [6.45, 7) is 8.50. The van der Waals surface area contributed by atoms with Crippen LogP contribution in [0.15, 0.2) is 53.6 Å². The van der Waals surface area contributed by atoms with Crippen molar-refractivity contribution in [2.45, 2.75) is 65.1 Å². The van der Waals surface area contributed by atoms with E-state index in [1.807, 2.05) is 20.8 Å². The van der Waals surface area contributed by atoms with Crippen LogP contribution >= 0.6 is 0 Å². The smallest absolute Gasteiger partial charge is 0.292 e. The average Bonchev–Trinajstić information content (AvgIpc) is 3.68. The van der Waals surface area contributed by atoms with E-state index in [1.54, 1.807) is 35.9 Å². The Morgan fingerprint density at radius 3 is 2.32 bits per heavy atom. The fourth-order valence-corrected chi connectivity index (χ4v) is 5.18. The van der Waals surface area contributed by atoms with E-state index in [1.165, 1.54) is 41.5 Å². The molecule has 238 valence electrons. The largest absolute Gasteiger partial charge is 0.342 e. The summed E-state index contributed by atoms with van der Waals surface area (Å²) in [5, 5.41) is 11.5. The quantitative estimate of drug-likeness (QED) is 0.307. The van der Waals surface area contributed by atoms with Gasteiger partial charge in [-0.2, -0.15) is 5.12 Å². The summed E-state index contributed by atoms with van der Waals surface area (Å²) in [5.74, 6) is -1.56. The van der Waals surface area contributed by atoms with Crippen molar-refractivity contribution in [1.82, 2.24) is 31.4 Å². The highest BCUT2D eigenvalue weighted by molar-refractivity contribution is 6.38. The zero-order valence-corrected chi connectivity index (χ0v) is 25.9. The topological polar surface area (TPSA) is 121 Å². The second-order valence-corrected chi connectivity index (χ2v) is 12.2. The molecule has 0 saturated carbocycles. The molecule has 0 spiro atoms. The number of carbonyl (C=O) groups is 3. The molecule has 2 aliphatic heterocycles. The van der Waals surface area contributed by atoms with Crippen molar-refractivity contribution in [3.05, 3.63) is 65.7 Å². The molecular weight excluding hydrogens is 570 g/mol. The summed E-state index contributed by atoms with van der Waals surface area (Å²) in [5.41, 5.74) is 6.42. The number of likely N-dealkylation sites (tertiary alicyclic amines) is 1. The lowest BCUT2D eigenvalue weighted by atomic mass is 9.85. The van der Waals surface area contributed by atoms with Crippen molar-refractivity contribution in [3.63, 3.8) is 0 Å². The monoisotopic (exact) mass is 612 g/mol. The van der Waals surface area contributed by atoms with Crippen LogP contribution < -0.4 is 26.7 Å². The number of hydrazine groups is 2. The lowest BCUT2D eigenvalue weighted by Crippen LogP contribution is -2.59. The molecule has 2 aromatic carbocycles. The summed E-state index contributed by atoms with van der Waals surface area (Å²) in [4.78, 5) is 44.0. The predicted octanol–water partition coefficient (Wildman–Crippen LogP) is 2.31. The molecule has 0 radical (unpaired) electrons. The summed E-state index contributed by atoms with van der Waals surface area (Å²) in [6.07, 6.45) is 1.90. The van der Waals surface area contributed by atoms with Crippen molar-refractivity contribution >= 4 is 29.2 Å². The van der Waals surface area contributed by atoms with Crippen LogP contribution in [0.1, 0.15) is 46.1 Å². The second kappa shape index (κ2) is 14.1. The molecular formula is C31H42F2N8O3. The van der Waals surface area contributed by atoms with Gasteiger partial charge in [-0.05, 0) is 80.6 Å². The third-order valence-corrected chi connectivity index (χ3v) is 7.94. The third kappa shape index (κ3) is 8.08. The van der Waals surface area contributed by atoms with Gasteiger partial charge in [0.2, 0.25) is 17.6 Å². The fraction of sp³-hybridized carbons (Fsp3) is 0.484. The molecule has 0 aromatic heterocycles. The summed E-state index contributed by atoms with van der Waals surface area (Å²) < 4.78 is 26.9. The Bertz CT molecular complexity index is 1350. The molecule has 2 heterocycles. The summed E-state index contributed by atoms with van der Waals surface area (Å²) in [6, 6.07) is 10.2. The number of likely N-dealkylation sites (N-methyl/N-ethyl adjacent to an activating group) is 1. The zero-order chi connectivity index (χ0) is 32.0. The first kappa shape index (κ1) is 32.8. The Morgan fingerprint density at radius 1 is 1.07 bits per heavy atom. The Balaban J connectivity index is 1.54. The van der Waals surface area contributed by atoms with Crippen molar-refractivity contribution in [2.24, 2.45) is 10.5 Å². The van der Waals surface area contributed by atoms with Gasteiger partial charge in [0.25, 0.3) is 5.91 Å². The number of hydrogen-bond donors (Lipinski definition) is 4. The van der Waals surface area contributed by atoms with E-state index in [2.05, 4.69) is 26.7 Å². The normalized spacial score (nSPS) is 18.0. The van der Waals surface area contributed by atoms with Gasteiger partial charge in [0.1, 0.15) is 17.7 Å². The average molecular weight is 613 g/mol. The van der Waals surface area contributed by atoms with Gasteiger partial charge in [0, 0.05) is 25.7 Å². The number of hydrogen-bond acceptors (Lipinski definition) is 8. The lowest BCUT2D eigenvalue weighted by molar-refractivity contribution is -0.141. The van der Waals surface area contributed by atoms with Gasteiger partial charge in [-0.3, -0.25) is 19.8 Å². The van der Waals surface area contributed by atoms with Crippen LogP contribution in [0.2, 0.25) is 0 Å². The van der Waals surface area contributed by atoms with Crippen molar-refractivity contribution < 1.29 is 23.2 Å². The van der Waals surface area contributed by atoms with Crippen LogP contribution in [0.25, 0.3) is 0 Å². The first-order chi connectivity index (χ1) is 20.9. The second-order valence-electron chi connectivity index (χ2n) is 12.2. The number of halogens is 2. The van der Waals surface area contributed by atoms with E-state index in [9.17, 15) is 23.2 Å². The fourth-order valence-electron chi connectivity index (χ4n) is 5.18. The van der Waals surface area contributed by atoms with E-state index in [4.69, 9.17) is 0 Å². The Labute approximate surface area is 257 Å². The Kier molecular flexibility index (Phi) is 10.5. The van der Waals surface area contributed by atoms with Crippen LogP contribution in [-0.4, -0.2) is 78.2 Å². The number of nitrogens with one attached hydrogen (secondary N) is 4. The summed E-state index contributed by atoms with van der Waals surface area (Å²) in [7, 11) is 1.68. The Hall–Kier alpha value is -4.10. The van der Waals surface area contributed by atoms with Crippen LogP contribution in [0.3, 0.4) is 0 Å². The van der Waals surface area contributed by atoms with Crippen LogP contribution in [0, 0.1) is 17.0 Å². The maximum Gasteiger partial charge on any atom is 0.292 e. The molecule has 3 atom stereocenters. The van der Waals surface area contributed by atoms with Gasteiger partial charge in [-0.25, -0.2) is 8.78 Å². The van der Waals surface area contributed by atoms with Gasteiger partial charge in [-0.1, -0.05) is 32.9 Å². The molecule has 0 unspecified atom stereocenters. The van der Waals surface area contributed by atoms with Crippen molar-refractivity contribution in [3.8, 4) is 0 Å². The Morgan fingerprint density at radius 2 is 1.70 bits per heavy atom. The molecule has 13 heteroatoms. The first-order valence-corrected chi connectivity index (χ1v) is 14.8. The molecule has 0 bridgehead atoms. The van der Waals surface area contributed by atoms with E-state index in [0.717, 1.165) is 12.0 Å². The SMILES string of the molecule is CN[C@@H](C)C(=O)N[C@H](C(=O)N1CCC[C@H]1CN(CCc1ccc(F)cc1)C(=O)C1=NN(c2ccc(F)cc2)NN1)C(C)(C)C. The maximum atomic E-state index is 14.0. The minimum absolute atomic E-state index is 0.0326. The molecule has 11 nitrogen and oxygen atoms in total. The molecule has 2 aromatic rings. The van der Waals surface area contributed by atoms with Crippen LogP contribution in [0.5, 0.6) is 0 Å². The van der Waals surface area contributed by atoms with Gasteiger partial charge in [0.15, 0.2) is 0 Å². The highest BCUT2D eigenvalue weighted by atomic mass is 19.1. The van der Waals surface area contributed by atoms with Gasteiger partial charge < -0.3 is 20.4 Å². The van der Waals surface area contributed by atoms with Crippen LogP contribution in [-0.2, 0) is 20.8 Å². The molecule has 4 N–H and O–H groups in total. The number of carbonyl (C=O) groups excluding carboxylic acids is 3. The highest BCUT2D eigenvalue weighted by Gasteiger charge is 2.41. The number of benzene rings is 2. The maximum absolute atomic E-state index is 14.0. The molecule has 1 fully saturated rings. The minimum Gasteiger partial charge on any atom is -0.342 e. The van der Waals surface area contributed by atoms with Crippen molar-refractivity contribution in [2.75, 3.05) is 31.8 Å². The molecule has 4 rings (SSSR count). The number of anilines is 1. The van der Waals surface area contributed by atoms with E-state index >= 15 is 0 Å². The molecule has 44 heavy (non-hydrogen) atoms. The lowest BCUT2D eigenvalue weighted by Gasteiger charge is -2.37. The number of amides is 3. The number of amidine groups is 1.